The van der Waals surface area contributed by atoms with E-state index in [0.29, 0.717) is 5.95 Å². The fourth-order valence-corrected chi connectivity index (χ4v) is 3.08. The molecule has 0 saturated carbocycles. The summed E-state index contributed by atoms with van der Waals surface area (Å²) in [6.07, 6.45) is 3.54. The second-order valence-corrected chi connectivity index (χ2v) is 6.68. The van der Waals surface area contributed by atoms with E-state index in [9.17, 15) is 0 Å². The summed E-state index contributed by atoms with van der Waals surface area (Å²) in [6, 6.07) is 18.2. The highest BCUT2D eigenvalue weighted by molar-refractivity contribution is 9.10. The van der Waals surface area contributed by atoms with Gasteiger partial charge in [0.25, 0.3) is 0 Å². The van der Waals surface area contributed by atoms with Crippen molar-refractivity contribution in [1.82, 2.24) is 19.5 Å². The van der Waals surface area contributed by atoms with Crippen molar-refractivity contribution >= 4 is 32.9 Å². The number of hydrogen-bond acceptors (Lipinski definition) is 4. The average Bonchev–Trinajstić information content (AvgIpc) is 3.05. The number of benzene rings is 2. The van der Waals surface area contributed by atoms with E-state index in [1.54, 1.807) is 12.5 Å². The second kappa shape index (κ2) is 6.64. The van der Waals surface area contributed by atoms with Crippen molar-refractivity contribution < 1.29 is 0 Å². The molecular weight excluding hydrogens is 378 g/mol. The van der Waals surface area contributed by atoms with Gasteiger partial charge in [-0.25, -0.2) is 9.97 Å². The number of nitrogens with zero attached hydrogens (tertiary/aromatic N) is 4. The van der Waals surface area contributed by atoms with E-state index in [4.69, 9.17) is 0 Å². The van der Waals surface area contributed by atoms with Crippen LogP contribution < -0.4 is 5.32 Å². The lowest BCUT2D eigenvalue weighted by Crippen LogP contribution is -2.10. The van der Waals surface area contributed by atoms with Crippen LogP contribution in [0.3, 0.4) is 0 Å². The Morgan fingerprint density at radius 2 is 1.88 bits per heavy atom. The van der Waals surface area contributed by atoms with Crippen molar-refractivity contribution in [3.05, 3.63) is 77.2 Å². The second-order valence-electron chi connectivity index (χ2n) is 5.76. The number of halogens is 1. The maximum absolute atomic E-state index is 4.65. The van der Waals surface area contributed by atoms with Crippen LogP contribution in [0.5, 0.6) is 0 Å². The van der Waals surface area contributed by atoms with Gasteiger partial charge < -0.3 is 5.32 Å². The number of imidazole rings is 1. The van der Waals surface area contributed by atoms with E-state index in [1.807, 2.05) is 47.0 Å². The quantitative estimate of drug-likeness (QED) is 0.543. The van der Waals surface area contributed by atoms with Gasteiger partial charge in [-0.15, -0.1) is 0 Å². The first-order valence-corrected chi connectivity index (χ1v) is 8.77. The Labute approximate surface area is 153 Å². The van der Waals surface area contributed by atoms with Gasteiger partial charge in [0.05, 0.1) is 17.1 Å². The third-order valence-electron chi connectivity index (χ3n) is 4.04. The lowest BCUT2D eigenvalue weighted by molar-refractivity contribution is 0.854. The number of rotatable bonds is 4. The molecular formula is C19H16BrN5. The Kier molecular flexibility index (Phi) is 4.19. The molecule has 5 nitrogen and oxygen atoms in total. The van der Waals surface area contributed by atoms with Crippen molar-refractivity contribution in [2.75, 3.05) is 5.32 Å². The topological polar surface area (TPSA) is 55.6 Å². The molecule has 4 aromatic rings. The number of anilines is 1. The molecule has 1 atom stereocenters. The zero-order chi connectivity index (χ0) is 17.2. The first-order chi connectivity index (χ1) is 12.2. The molecule has 2 heterocycles. The zero-order valence-electron chi connectivity index (χ0n) is 13.6. The van der Waals surface area contributed by atoms with Gasteiger partial charge in [0.1, 0.15) is 12.1 Å². The van der Waals surface area contributed by atoms with Gasteiger partial charge in [0, 0.05) is 10.7 Å². The molecule has 0 saturated heterocycles. The van der Waals surface area contributed by atoms with E-state index >= 15 is 0 Å². The Balaban J connectivity index is 1.66. The largest absolute Gasteiger partial charge is 0.348 e. The number of aromatic nitrogens is 4. The fraction of sp³-hybridized carbons (Fsp3) is 0.105. The highest BCUT2D eigenvalue weighted by atomic mass is 79.9. The van der Waals surface area contributed by atoms with E-state index in [1.165, 1.54) is 5.56 Å². The molecule has 0 spiro atoms. The SMILES string of the molecule is CC(Nc1nccc(-n2cnc3ccc(Br)cc32)n1)c1ccccc1. The summed E-state index contributed by atoms with van der Waals surface area (Å²) in [4.78, 5) is 13.4. The Bertz CT molecular complexity index is 1010. The third-order valence-corrected chi connectivity index (χ3v) is 4.54. The van der Waals surface area contributed by atoms with Crippen LogP contribution in [0.2, 0.25) is 0 Å². The first kappa shape index (κ1) is 15.8. The smallest absolute Gasteiger partial charge is 0.225 e. The van der Waals surface area contributed by atoms with E-state index in [2.05, 4.69) is 55.3 Å². The Hall–Kier alpha value is -2.73. The number of hydrogen-bond donors (Lipinski definition) is 1. The van der Waals surface area contributed by atoms with Crippen LogP contribution in [0.1, 0.15) is 18.5 Å². The van der Waals surface area contributed by atoms with Crippen LogP contribution in [0.25, 0.3) is 16.9 Å². The molecule has 0 aliphatic carbocycles. The predicted octanol–water partition coefficient (Wildman–Crippen LogP) is 4.75. The summed E-state index contributed by atoms with van der Waals surface area (Å²) >= 11 is 3.51. The van der Waals surface area contributed by atoms with E-state index in [-0.39, 0.29) is 6.04 Å². The van der Waals surface area contributed by atoms with Gasteiger partial charge in [0.2, 0.25) is 5.95 Å². The lowest BCUT2D eigenvalue weighted by atomic mass is 10.1. The molecule has 124 valence electrons. The van der Waals surface area contributed by atoms with Gasteiger partial charge in [-0.3, -0.25) is 4.57 Å². The number of nitrogens with one attached hydrogen (secondary N) is 1. The molecule has 0 amide bonds. The summed E-state index contributed by atoms with van der Waals surface area (Å²) in [5.41, 5.74) is 3.11. The molecule has 2 aromatic heterocycles. The fourth-order valence-electron chi connectivity index (χ4n) is 2.73. The van der Waals surface area contributed by atoms with Crippen LogP contribution in [0, 0.1) is 0 Å². The zero-order valence-corrected chi connectivity index (χ0v) is 15.2. The maximum Gasteiger partial charge on any atom is 0.225 e. The Morgan fingerprint density at radius 3 is 2.72 bits per heavy atom. The lowest BCUT2D eigenvalue weighted by Gasteiger charge is -2.14. The highest BCUT2D eigenvalue weighted by Crippen LogP contribution is 2.22. The first-order valence-electron chi connectivity index (χ1n) is 7.98. The van der Waals surface area contributed by atoms with Gasteiger partial charge >= 0.3 is 0 Å². The molecule has 1 unspecified atom stereocenters. The highest BCUT2D eigenvalue weighted by Gasteiger charge is 2.10. The van der Waals surface area contributed by atoms with Gasteiger partial charge in [-0.1, -0.05) is 46.3 Å². The van der Waals surface area contributed by atoms with Gasteiger partial charge in [-0.05, 0) is 36.8 Å². The molecule has 0 aliphatic heterocycles. The minimum Gasteiger partial charge on any atom is -0.348 e. The summed E-state index contributed by atoms with van der Waals surface area (Å²) in [7, 11) is 0. The Morgan fingerprint density at radius 1 is 1.04 bits per heavy atom. The monoisotopic (exact) mass is 393 g/mol. The summed E-state index contributed by atoms with van der Waals surface area (Å²) in [6.45, 7) is 2.09. The molecule has 0 radical (unpaired) electrons. The molecule has 25 heavy (non-hydrogen) atoms. The van der Waals surface area contributed by atoms with Crippen molar-refractivity contribution in [1.29, 1.82) is 0 Å². The molecule has 0 bridgehead atoms. The van der Waals surface area contributed by atoms with Crippen LogP contribution in [0.4, 0.5) is 5.95 Å². The molecule has 0 fully saturated rings. The third kappa shape index (κ3) is 3.25. The summed E-state index contributed by atoms with van der Waals surface area (Å²) in [5, 5.41) is 3.35. The average molecular weight is 394 g/mol. The minimum atomic E-state index is 0.116. The van der Waals surface area contributed by atoms with Gasteiger partial charge in [0.15, 0.2) is 0 Å². The van der Waals surface area contributed by atoms with Crippen LogP contribution in [-0.4, -0.2) is 19.5 Å². The molecule has 4 rings (SSSR count). The van der Waals surface area contributed by atoms with E-state index < -0.39 is 0 Å². The minimum absolute atomic E-state index is 0.116. The molecule has 1 N–H and O–H groups in total. The normalized spacial score (nSPS) is 12.2. The molecule has 0 aliphatic rings. The van der Waals surface area contributed by atoms with Crippen molar-refractivity contribution in [3.63, 3.8) is 0 Å². The molecule has 2 aromatic carbocycles. The maximum atomic E-state index is 4.65. The van der Waals surface area contributed by atoms with Crippen molar-refractivity contribution in [2.24, 2.45) is 0 Å². The van der Waals surface area contributed by atoms with E-state index in [0.717, 1.165) is 21.3 Å². The number of fused-ring (bicyclic) bond motifs is 1. The van der Waals surface area contributed by atoms with Crippen LogP contribution >= 0.6 is 15.9 Å². The molecule has 6 heteroatoms. The predicted molar refractivity (Wildman–Crippen MR) is 103 cm³/mol. The summed E-state index contributed by atoms with van der Waals surface area (Å²) in [5.74, 6) is 1.36. The van der Waals surface area contributed by atoms with Crippen molar-refractivity contribution in [3.8, 4) is 5.82 Å². The van der Waals surface area contributed by atoms with Crippen LogP contribution in [0.15, 0.2) is 71.6 Å². The van der Waals surface area contributed by atoms with Gasteiger partial charge in [-0.2, -0.15) is 4.98 Å². The van der Waals surface area contributed by atoms with Crippen LogP contribution in [-0.2, 0) is 0 Å². The standard InChI is InChI=1S/C19H16BrN5/c1-13(14-5-3-2-4-6-14)23-19-21-10-9-18(24-19)25-12-22-16-8-7-15(20)11-17(16)25/h2-13H,1H3,(H,21,23,24). The van der Waals surface area contributed by atoms with Crippen molar-refractivity contribution in [2.45, 2.75) is 13.0 Å². The summed E-state index contributed by atoms with van der Waals surface area (Å²) < 4.78 is 2.96.